The number of nitrogens with zero attached hydrogens (tertiary/aromatic N) is 2. The first-order valence-electron chi connectivity index (χ1n) is 7.94. The van der Waals surface area contributed by atoms with Crippen LogP contribution in [0.1, 0.15) is 20.3 Å². The Balaban J connectivity index is 2.27. The summed E-state index contributed by atoms with van der Waals surface area (Å²) in [5, 5.41) is 9.04. The van der Waals surface area contributed by atoms with E-state index in [1.165, 1.54) is 0 Å². The van der Waals surface area contributed by atoms with Crippen LogP contribution in [0.5, 0.6) is 0 Å². The third-order valence-electron chi connectivity index (χ3n) is 4.70. The van der Waals surface area contributed by atoms with Gasteiger partial charge in [-0.05, 0) is 12.3 Å². The van der Waals surface area contributed by atoms with Crippen molar-refractivity contribution in [1.82, 2.24) is 9.21 Å². The number of carbonyl (C=O) groups excluding carboxylic acids is 1. The lowest BCUT2D eigenvalue weighted by Crippen LogP contribution is -2.51. The average Bonchev–Trinajstić information content (AvgIpc) is 3.02. The molecule has 0 aromatic rings. The minimum Gasteiger partial charge on any atom is -0.481 e. The number of amides is 1. The normalized spacial score (nSPS) is 28.5. The molecule has 2 aliphatic rings. The molecule has 0 saturated carbocycles. The molecule has 2 rings (SSSR count). The van der Waals surface area contributed by atoms with E-state index in [2.05, 4.69) is 0 Å². The van der Waals surface area contributed by atoms with E-state index >= 15 is 0 Å². The maximum absolute atomic E-state index is 13.1. The van der Waals surface area contributed by atoms with Crippen LogP contribution in [0.25, 0.3) is 0 Å². The van der Waals surface area contributed by atoms with Gasteiger partial charge in [0.15, 0.2) is 0 Å². The molecule has 11 heteroatoms. The summed E-state index contributed by atoms with van der Waals surface area (Å²) in [6.07, 6.45) is -4.40. The fourth-order valence-electron chi connectivity index (χ4n) is 3.46. The number of halogens is 3. The largest absolute Gasteiger partial charge is 0.481 e. The number of carboxylic acid groups (broad SMARTS) is 1. The van der Waals surface area contributed by atoms with Crippen molar-refractivity contribution in [3.8, 4) is 0 Å². The van der Waals surface area contributed by atoms with Crippen LogP contribution in [0.3, 0.4) is 0 Å². The van der Waals surface area contributed by atoms with Crippen LogP contribution in [0, 0.1) is 17.8 Å². The molecule has 1 N–H and O–H groups in total. The Morgan fingerprint density at radius 3 is 2.16 bits per heavy atom. The van der Waals surface area contributed by atoms with Crippen LogP contribution in [-0.2, 0) is 19.6 Å². The van der Waals surface area contributed by atoms with Gasteiger partial charge in [0.25, 0.3) is 0 Å². The molecule has 2 fully saturated rings. The topological polar surface area (TPSA) is 95.0 Å². The van der Waals surface area contributed by atoms with Gasteiger partial charge in [-0.1, -0.05) is 13.8 Å². The molecule has 3 atom stereocenters. The van der Waals surface area contributed by atoms with Gasteiger partial charge in [0.05, 0.1) is 17.6 Å². The first kappa shape index (κ1) is 20.0. The summed E-state index contributed by atoms with van der Waals surface area (Å²) in [6.45, 7) is 2.02. The molecule has 1 unspecified atom stereocenters. The summed E-state index contributed by atoms with van der Waals surface area (Å²) >= 11 is 0. The highest BCUT2D eigenvalue weighted by atomic mass is 32.2. The Hall–Kier alpha value is -1.36. The minimum atomic E-state index is -4.74. The second-order valence-corrected chi connectivity index (χ2v) is 8.85. The van der Waals surface area contributed by atoms with Crippen LogP contribution < -0.4 is 0 Å². The molecule has 0 aromatic heterocycles. The predicted octanol–water partition coefficient (Wildman–Crippen LogP) is 0.768. The van der Waals surface area contributed by atoms with Gasteiger partial charge < -0.3 is 10.0 Å². The Labute approximate surface area is 143 Å². The van der Waals surface area contributed by atoms with Gasteiger partial charge in [0.1, 0.15) is 6.04 Å². The summed E-state index contributed by atoms with van der Waals surface area (Å²) in [5.41, 5.74) is 0. The van der Waals surface area contributed by atoms with Crippen molar-refractivity contribution in [1.29, 1.82) is 0 Å². The fourth-order valence-corrected chi connectivity index (χ4v) is 5.28. The van der Waals surface area contributed by atoms with E-state index in [-0.39, 0.29) is 12.3 Å². The number of hydrogen-bond acceptors (Lipinski definition) is 4. The highest BCUT2D eigenvalue weighted by Gasteiger charge is 2.55. The van der Waals surface area contributed by atoms with Gasteiger partial charge >= 0.3 is 12.1 Å². The van der Waals surface area contributed by atoms with E-state index in [0.717, 1.165) is 9.21 Å². The van der Waals surface area contributed by atoms with Gasteiger partial charge in [-0.15, -0.1) is 0 Å². The summed E-state index contributed by atoms with van der Waals surface area (Å²) in [5.74, 6) is -6.84. The highest BCUT2D eigenvalue weighted by molar-refractivity contribution is 7.89. The third-order valence-corrected chi connectivity index (χ3v) is 6.63. The van der Waals surface area contributed by atoms with E-state index in [0.29, 0.717) is 6.42 Å². The van der Waals surface area contributed by atoms with Gasteiger partial charge in [-0.25, -0.2) is 8.42 Å². The molecule has 2 aliphatic heterocycles. The SMILES string of the molecule is CC(C)C(C(=O)N1C[C@@H](C(F)(F)F)[C@H](C(=O)O)C1)N1CCCS1(=O)=O. The zero-order valence-corrected chi connectivity index (χ0v) is 14.7. The summed E-state index contributed by atoms with van der Waals surface area (Å²) < 4.78 is 64.5. The van der Waals surface area contributed by atoms with Crippen molar-refractivity contribution in [2.24, 2.45) is 17.8 Å². The maximum Gasteiger partial charge on any atom is 0.394 e. The molecule has 0 bridgehead atoms. The number of rotatable bonds is 4. The van der Waals surface area contributed by atoms with Gasteiger partial charge in [0.2, 0.25) is 15.9 Å². The van der Waals surface area contributed by atoms with Crippen molar-refractivity contribution >= 4 is 21.9 Å². The Morgan fingerprint density at radius 2 is 1.80 bits per heavy atom. The molecular formula is C14H21F3N2O5S. The van der Waals surface area contributed by atoms with Crippen molar-refractivity contribution in [3.05, 3.63) is 0 Å². The van der Waals surface area contributed by atoms with Crippen molar-refractivity contribution in [2.45, 2.75) is 32.5 Å². The number of aliphatic carboxylic acids is 1. The number of carboxylic acids is 1. The monoisotopic (exact) mass is 386 g/mol. The van der Waals surface area contributed by atoms with Crippen molar-refractivity contribution in [3.63, 3.8) is 0 Å². The van der Waals surface area contributed by atoms with Crippen LogP contribution in [0.4, 0.5) is 13.2 Å². The summed E-state index contributed by atoms with van der Waals surface area (Å²) in [6, 6.07) is -1.12. The number of carbonyl (C=O) groups is 2. The second kappa shape index (κ2) is 6.75. The van der Waals surface area contributed by atoms with E-state index in [1.807, 2.05) is 0 Å². The van der Waals surface area contributed by atoms with E-state index in [9.17, 15) is 31.2 Å². The number of hydrogen-bond donors (Lipinski definition) is 1. The smallest absolute Gasteiger partial charge is 0.394 e. The second-order valence-electron chi connectivity index (χ2n) is 6.81. The van der Waals surface area contributed by atoms with Crippen molar-refractivity contribution < 1.29 is 36.3 Å². The highest BCUT2D eigenvalue weighted by Crippen LogP contribution is 2.38. The van der Waals surface area contributed by atoms with E-state index < -0.39 is 65.0 Å². The van der Waals surface area contributed by atoms with E-state index in [1.54, 1.807) is 13.8 Å². The first-order valence-corrected chi connectivity index (χ1v) is 9.55. The molecular weight excluding hydrogens is 365 g/mol. The molecule has 7 nitrogen and oxygen atoms in total. The molecule has 2 saturated heterocycles. The standard InChI is InChI=1S/C14H21F3N2O5S/c1-8(2)11(19-4-3-5-25(19,23)24)12(20)18-6-9(13(21)22)10(7-18)14(15,16)17/h8-11H,3-7H2,1-2H3,(H,21,22)/t9-,10-,11?/m1/s1. The number of alkyl halides is 3. The average molecular weight is 386 g/mol. The van der Waals surface area contributed by atoms with Gasteiger partial charge in [-0.3, -0.25) is 9.59 Å². The Bertz CT molecular complexity index is 649. The first-order chi connectivity index (χ1) is 11.4. The fraction of sp³-hybridized carbons (Fsp3) is 0.857. The van der Waals surface area contributed by atoms with Crippen molar-refractivity contribution in [2.75, 3.05) is 25.4 Å². The molecule has 1 amide bonds. The molecule has 0 spiro atoms. The van der Waals surface area contributed by atoms with Crippen LogP contribution in [0.2, 0.25) is 0 Å². The molecule has 2 heterocycles. The zero-order chi connectivity index (χ0) is 19.2. The lowest BCUT2D eigenvalue weighted by Gasteiger charge is -2.32. The van der Waals surface area contributed by atoms with E-state index in [4.69, 9.17) is 5.11 Å². The third kappa shape index (κ3) is 3.91. The number of likely N-dealkylation sites (tertiary alicyclic amines) is 1. The van der Waals surface area contributed by atoms with Crippen LogP contribution in [0.15, 0.2) is 0 Å². The molecule has 25 heavy (non-hydrogen) atoms. The predicted molar refractivity (Wildman–Crippen MR) is 81.0 cm³/mol. The van der Waals surface area contributed by atoms with Gasteiger partial charge in [-0.2, -0.15) is 17.5 Å². The lowest BCUT2D eigenvalue weighted by molar-refractivity contribution is -0.188. The van der Waals surface area contributed by atoms with Crippen LogP contribution >= 0.6 is 0 Å². The summed E-state index contributed by atoms with van der Waals surface area (Å²) in [7, 11) is -3.63. The minimum absolute atomic E-state index is 0.105. The van der Waals surface area contributed by atoms with Crippen LogP contribution in [-0.4, -0.2) is 72.2 Å². The number of sulfonamides is 1. The quantitative estimate of drug-likeness (QED) is 0.770. The maximum atomic E-state index is 13.1. The molecule has 0 aliphatic carbocycles. The van der Waals surface area contributed by atoms with Gasteiger partial charge in [0, 0.05) is 19.6 Å². The Kier molecular flexibility index (Phi) is 5.39. The molecule has 0 radical (unpaired) electrons. The molecule has 0 aromatic carbocycles. The summed E-state index contributed by atoms with van der Waals surface area (Å²) in [4.78, 5) is 24.8. The lowest BCUT2D eigenvalue weighted by atomic mass is 9.96. The Morgan fingerprint density at radius 1 is 1.20 bits per heavy atom. The molecule has 144 valence electrons. The zero-order valence-electron chi connectivity index (χ0n) is 13.9.